The quantitative estimate of drug-likeness (QED) is 0.872. The lowest BCUT2D eigenvalue weighted by Crippen LogP contribution is -2.11. The van der Waals surface area contributed by atoms with Crippen LogP contribution in [0, 0.1) is 0 Å². The van der Waals surface area contributed by atoms with Gasteiger partial charge in [0.25, 0.3) is 0 Å². The molecule has 3 nitrogen and oxygen atoms in total. The topological polar surface area (TPSA) is 24.5 Å². The Morgan fingerprint density at radius 2 is 1.72 bits per heavy atom. The van der Waals surface area contributed by atoms with Gasteiger partial charge < -0.3 is 15.0 Å². The first-order valence-corrected chi connectivity index (χ1v) is 6.03. The number of ether oxygens (including phenoxy) is 1. The van der Waals surface area contributed by atoms with Gasteiger partial charge in [-0.25, -0.2) is 0 Å². The molecule has 0 saturated carbocycles. The van der Waals surface area contributed by atoms with Crippen LogP contribution in [0.5, 0.6) is 5.75 Å². The molecule has 0 bridgehead atoms. The van der Waals surface area contributed by atoms with Crippen LogP contribution in [0.3, 0.4) is 0 Å². The molecule has 0 aromatic heterocycles. The van der Waals surface area contributed by atoms with Crippen molar-refractivity contribution < 1.29 is 4.74 Å². The second-order valence-corrected chi connectivity index (χ2v) is 4.62. The maximum absolute atomic E-state index is 5.87. The van der Waals surface area contributed by atoms with Gasteiger partial charge in [-0.15, -0.1) is 0 Å². The normalized spacial score (nSPS) is 16.7. The van der Waals surface area contributed by atoms with Crippen molar-refractivity contribution >= 4 is 11.4 Å². The second-order valence-electron chi connectivity index (χ2n) is 4.62. The van der Waals surface area contributed by atoms with Crippen LogP contribution in [0.2, 0.25) is 0 Å². The molecule has 1 atom stereocenters. The molecule has 3 heteroatoms. The fourth-order valence-electron chi connectivity index (χ4n) is 2.08. The van der Waals surface area contributed by atoms with Crippen molar-refractivity contribution in [1.82, 2.24) is 0 Å². The van der Waals surface area contributed by atoms with E-state index >= 15 is 0 Å². The highest BCUT2D eigenvalue weighted by atomic mass is 16.5. The van der Waals surface area contributed by atoms with Gasteiger partial charge in [0.1, 0.15) is 5.75 Å². The molecule has 0 radical (unpaired) electrons. The summed E-state index contributed by atoms with van der Waals surface area (Å²) in [7, 11) is 4.07. The monoisotopic (exact) mass is 240 g/mol. The number of hydrogen-bond donors (Lipinski definition) is 1. The van der Waals surface area contributed by atoms with Crippen molar-refractivity contribution in [2.24, 2.45) is 0 Å². The minimum atomic E-state index is -0.0846. The van der Waals surface area contributed by atoms with Crippen molar-refractivity contribution in [2.45, 2.75) is 6.23 Å². The Labute approximate surface area is 107 Å². The van der Waals surface area contributed by atoms with Crippen molar-refractivity contribution in [2.75, 3.05) is 24.3 Å². The molecule has 18 heavy (non-hydrogen) atoms. The van der Waals surface area contributed by atoms with Gasteiger partial charge >= 0.3 is 0 Å². The van der Waals surface area contributed by atoms with E-state index in [1.165, 1.54) is 5.69 Å². The molecular formula is C15H16N2O. The molecule has 0 aliphatic carbocycles. The van der Waals surface area contributed by atoms with Crippen LogP contribution in [0.4, 0.5) is 11.4 Å². The molecule has 1 heterocycles. The van der Waals surface area contributed by atoms with E-state index in [0.29, 0.717) is 0 Å². The molecule has 92 valence electrons. The van der Waals surface area contributed by atoms with E-state index in [4.69, 9.17) is 4.74 Å². The number of para-hydroxylation sites is 2. The number of fused-ring (bicyclic) bond motifs is 1. The highest BCUT2D eigenvalue weighted by Gasteiger charge is 2.22. The van der Waals surface area contributed by atoms with Crippen LogP contribution in [0.1, 0.15) is 11.8 Å². The van der Waals surface area contributed by atoms with Crippen molar-refractivity contribution in [1.29, 1.82) is 0 Å². The summed E-state index contributed by atoms with van der Waals surface area (Å²) in [6, 6.07) is 16.4. The van der Waals surface area contributed by atoms with Crippen LogP contribution < -0.4 is 15.0 Å². The summed E-state index contributed by atoms with van der Waals surface area (Å²) < 4.78 is 5.87. The first-order chi connectivity index (χ1) is 8.74. The zero-order chi connectivity index (χ0) is 12.5. The van der Waals surface area contributed by atoms with E-state index in [1.807, 2.05) is 38.4 Å². The predicted octanol–water partition coefficient (Wildman–Crippen LogP) is 3.26. The molecule has 2 aromatic rings. The fourth-order valence-corrected chi connectivity index (χ4v) is 2.08. The van der Waals surface area contributed by atoms with Gasteiger partial charge in [-0.3, -0.25) is 0 Å². The lowest BCUT2D eigenvalue weighted by molar-refractivity contribution is 0.260. The summed E-state index contributed by atoms with van der Waals surface area (Å²) in [4.78, 5) is 2.08. The summed E-state index contributed by atoms with van der Waals surface area (Å²) in [6.45, 7) is 0. The third-order valence-corrected chi connectivity index (χ3v) is 3.13. The molecule has 2 aromatic carbocycles. The number of anilines is 2. The molecule has 0 amide bonds. The number of rotatable bonds is 2. The standard InChI is InChI=1S/C15H16N2O/c1-17(2)12-9-7-11(8-10-12)15-16-13-5-3-4-6-14(13)18-15/h3-10,15-16H,1-2H3. The van der Waals surface area contributed by atoms with E-state index in [2.05, 4.69) is 34.5 Å². The molecule has 0 saturated heterocycles. The average molecular weight is 240 g/mol. The minimum absolute atomic E-state index is 0.0846. The largest absolute Gasteiger partial charge is 0.464 e. The SMILES string of the molecule is CN(C)c1ccc(C2Nc3ccccc3O2)cc1. The summed E-state index contributed by atoms with van der Waals surface area (Å²) in [5.74, 6) is 0.916. The van der Waals surface area contributed by atoms with Crippen LogP contribution >= 0.6 is 0 Å². The number of nitrogens with one attached hydrogen (secondary N) is 1. The molecule has 1 aliphatic heterocycles. The Morgan fingerprint density at radius 1 is 1.00 bits per heavy atom. The first kappa shape index (κ1) is 11.0. The number of hydrogen-bond acceptors (Lipinski definition) is 3. The van der Waals surface area contributed by atoms with Gasteiger partial charge in [-0.1, -0.05) is 24.3 Å². The van der Waals surface area contributed by atoms with Crippen LogP contribution in [-0.2, 0) is 0 Å². The van der Waals surface area contributed by atoms with E-state index in [-0.39, 0.29) is 6.23 Å². The van der Waals surface area contributed by atoms with E-state index < -0.39 is 0 Å². The van der Waals surface area contributed by atoms with E-state index in [0.717, 1.165) is 17.0 Å². The van der Waals surface area contributed by atoms with Crippen molar-refractivity contribution in [3.63, 3.8) is 0 Å². The third-order valence-electron chi connectivity index (χ3n) is 3.13. The molecular weight excluding hydrogens is 224 g/mol. The lowest BCUT2D eigenvalue weighted by Gasteiger charge is -2.15. The summed E-state index contributed by atoms with van der Waals surface area (Å²) in [5, 5.41) is 3.36. The Bertz CT molecular complexity index is 524. The highest BCUT2D eigenvalue weighted by Crippen LogP contribution is 2.37. The zero-order valence-electron chi connectivity index (χ0n) is 10.6. The summed E-state index contributed by atoms with van der Waals surface area (Å²) >= 11 is 0. The van der Waals surface area contributed by atoms with Crippen molar-refractivity contribution in [3.05, 3.63) is 54.1 Å². The minimum Gasteiger partial charge on any atom is -0.464 e. The van der Waals surface area contributed by atoms with E-state index in [1.54, 1.807) is 0 Å². The van der Waals surface area contributed by atoms with Gasteiger partial charge in [0.15, 0.2) is 6.23 Å². The average Bonchev–Trinajstić information content (AvgIpc) is 2.82. The smallest absolute Gasteiger partial charge is 0.196 e. The van der Waals surface area contributed by atoms with Gasteiger partial charge in [0.2, 0.25) is 0 Å². The lowest BCUT2D eigenvalue weighted by atomic mass is 10.2. The second kappa shape index (κ2) is 4.26. The molecule has 1 aliphatic rings. The van der Waals surface area contributed by atoms with E-state index in [9.17, 15) is 0 Å². The third kappa shape index (κ3) is 1.88. The Morgan fingerprint density at radius 3 is 2.39 bits per heavy atom. The summed E-state index contributed by atoms with van der Waals surface area (Å²) in [5.41, 5.74) is 3.38. The van der Waals surface area contributed by atoms with Gasteiger partial charge in [-0.2, -0.15) is 0 Å². The Balaban J connectivity index is 1.82. The van der Waals surface area contributed by atoms with Crippen LogP contribution in [0.25, 0.3) is 0 Å². The maximum atomic E-state index is 5.87. The number of nitrogens with zero attached hydrogens (tertiary/aromatic N) is 1. The fraction of sp³-hybridized carbons (Fsp3) is 0.200. The van der Waals surface area contributed by atoms with Crippen LogP contribution in [-0.4, -0.2) is 14.1 Å². The molecule has 1 N–H and O–H groups in total. The van der Waals surface area contributed by atoms with Crippen LogP contribution in [0.15, 0.2) is 48.5 Å². The predicted molar refractivity (Wildman–Crippen MR) is 74.2 cm³/mol. The first-order valence-electron chi connectivity index (χ1n) is 6.03. The summed E-state index contributed by atoms with van der Waals surface area (Å²) in [6.07, 6.45) is -0.0846. The highest BCUT2D eigenvalue weighted by molar-refractivity contribution is 5.61. The van der Waals surface area contributed by atoms with Gasteiger partial charge in [-0.05, 0) is 24.3 Å². The molecule has 0 spiro atoms. The zero-order valence-corrected chi connectivity index (χ0v) is 10.6. The molecule has 3 rings (SSSR count). The molecule has 1 unspecified atom stereocenters. The number of benzene rings is 2. The molecule has 0 fully saturated rings. The Kier molecular flexibility index (Phi) is 2.59. The van der Waals surface area contributed by atoms with Crippen molar-refractivity contribution in [3.8, 4) is 5.75 Å². The van der Waals surface area contributed by atoms with Gasteiger partial charge in [0.05, 0.1) is 5.69 Å². The maximum Gasteiger partial charge on any atom is 0.196 e. The Hall–Kier alpha value is -2.16. The van der Waals surface area contributed by atoms with Gasteiger partial charge in [0, 0.05) is 25.3 Å².